The smallest absolute Gasteiger partial charge is 0.139 e. The van der Waals surface area contributed by atoms with Gasteiger partial charge in [0.1, 0.15) is 5.76 Å². The summed E-state index contributed by atoms with van der Waals surface area (Å²) in [5.41, 5.74) is 9.68. The lowest BCUT2D eigenvalue weighted by atomic mass is 10.0. The largest absolute Gasteiger partial charge is 0.466 e. The van der Waals surface area contributed by atoms with Crippen LogP contribution in [-0.2, 0) is 0 Å². The first-order valence-corrected chi connectivity index (χ1v) is 5.94. The molecule has 2 nitrogen and oxygen atoms in total. The summed E-state index contributed by atoms with van der Waals surface area (Å²) in [5.74, 6) is 0.769. The van der Waals surface area contributed by atoms with E-state index in [4.69, 9.17) is 10.2 Å². The van der Waals surface area contributed by atoms with Crippen molar-refractivity contribution in [3.63, 3.8) is 0 Å². The Morgan fingerprint density at radius 1 is 1.19 bits per heavy atom. The zero-order valence-corrected chi connectivity index (χ0v) is 10.9. The maximum atomic E-state index is 6.18. The Labute approximate surface area is 104 Å². The predicted molar refractivity (Wildman–Crippen MR) is 68.4 cm³/mol. The van der Waals surface area contributed by atoms with Crippen LogP contribution in [0.3, 0.4) is 0 Å². The van der Waals surface area contributed by atoms with E-state index in [0.29, 0.717) is 0 Å². The average molecular weight is 280 g/mol. The summed E-state index contributed by atoms with van der Waals surface area (Å²) < 4.78 is 6.30. The van der Waals surface area contributed by atoms with E-state index in [0.717, 1.165) is 15.8 Å². The first-order chi connectivity index (χ1) is 7.58. The maximum absolute atomic E-state index is 6.18. The molecular weight excluding hydrogens is 266 g/mol. The molecule has 2 N–H and O–H groups in total. The van der Waals surface area contributed by atoms with Gasteiger partial charge in [0.2, 0.25) is 0 Å². The summed E-state index contributed by atoms with van der Waals surface area (Å²) >= 11 is 3.43. The molecule has 0 amide bonds. The van der Waals surface area contributed by atoms with Crippen LogP contribution < -0.4 is 5.73 Å². The van der Waals surface area contributed by atoms with E-state index in [1.165, 1.54) is 11.1 Å². The molecule has 0 saturated carbocycles. The van der Waals surface area contributed by atoms with Gasteiger partial charge in [-0.1, -0.05) is 29.3 Å². The lowest BCUT2D eigenvalue weighted by Gasteiger charge is -2.12. The SMILES string of the molecule is Cc1cc(C)cc(C(N)c2occc2Br)c1. The minimum Gasteiger partial charge on any atom is -0.466 e. The van der Waals surface area contributed by atoms with Crippen molar-refractivity contribution in [2.24, 2.45) is 5.73 Å². The summed E-state index contributed by atoms with van der Waals surface area (Å²) in [6, 6.07) is 7.95. The Balaban J connectivity index is 2.41. The van der Waals surface area contributed by atoms with Gasteiger partial charge >= 0.3 is 0 Å². The van der Waals surface area contributed by atoms with Crippen molar-refractivity contribution in [1.82, 2.24) is 0 Å². The molecule has 0 aliphatic rings. The second-order valence-electron chi connectivity index (χ2n) is 4.03. The summed E-state index contributed by atoms with van der Waals surface area (Å²) in [5, 5.41) is 0. The molecule has 84 valence electrons. The van der Waals surface area contributed by atoms with Crippen LogP contribution in [0, 0.1) is 13.8 Å². The van der Waals surface area contributed by atoms with Gasteiger partial charge < -0.3 is 10.2 Å². The van der Waals surface area contributed by atoms with Crippen LogP contribution in [0.4, 0.5) is 0 Å². The first-order valence-electron chi connectivity index (χ1n) is 5.14. The molecule has 3 heteroatoms. The van der Waals surface area contributed by atoms with E-state index in [1.807, 2.05) is 6.07 Å². The Bertz CT molecular complexity index is 484. The lowest BCUT2D eigenvalue weighted by molar-refractivity contribution is 0.487. The van der Waals surface area contributed by atoms with Crippen LogP contribution in [-0.4, -0.2) is 0 Å². The zero-order chi connectivity index (χ0) is 11.7. The topological polar surface area (TPSA) is 39.2 Å². The van der Waals surface area contributed by atoms with Crippen molar-refractivity contribution < 1.29 is 4.42 Å². The van der Waals surface area contributed by atoms with Crippen LogP contribution in [0.5, 0.6) is 0 Å². The van der Waals surface area contributed by atoms with E-state index >= 15 is 0 Å². The Morgan fingerprint density at radius 3 is 2.31 bits per heavy atom. The van der Waals surface area contributed by atoms with Crippen LogP contribution >= 0.6 is 15.9 Å². The van der Waals surface area contributed by atoms with Crippen LogP contribution in [0.2, 0.25) is 0 Å². The van der Waals surface area contributed by atoms with Crippen molar-refractivity contribution in [2.45, 2.75) is 19.9 Å². The normalized spacial score (nSPS) is 12.8. The molecule has 1 heterocycles. The number of hydrogen-bond acceptors (Lipinski definition) is 2. The molecular formula is C13H14BrNO. The predicted octanol–water partition coefficient (Wildman–Crippen LogP) is 3.71. The molecule has 0 spiro atoms. The highest BCUT2D eigenvalue weighted by Crippen LogP contribution is 2.28. The fourth-order valence-electron chi connectivity index (χ4n) is 1.87. The molecule has 0 bridgehead atoms. The van der Waals surface area contributed by atoms with Gasteiger partial charge in [0.25, 0.3) is 0 Å². The lowest BCUT2D eigenvalue weighted by Crippen LogP contribution is -2.11. The molecule has 1 unspecified atom stereocenters. The maximum Gasteiger partial charge on any atom is 0.139 e. The van der Waals surface area contributed by atoms with Gasteiger partial charge in [0.05, 0.1) is 16.8 Å². The van der Waals surface area contributed by atoms with Crippen molar-refractivity contribution in [3.8, 4) is 0 Å². The van der Waals surface area contributed by atoms with Crippen molar-refractivity contribution in [1.29, 1.82) is 0 Å². The molecule has 1 aromatic carbocycles. The summed E-state index contributed by atoms with van der Waals surface area (Å²) in [4.78, 5) is 0. The number of furan rings is 1. The second-order valence-corrected chi connectivity index (χ2v) is 4.89. The van der Waals surface area contributed by atoms with Gasteiger partial charge in [-0.3, -0.25) is 0 Å². The molecule has 2 aromatic rings. The Kier molecular flexibility index (Phi) is 3.17. The van der Waals surface area contributed by atoms with Crippen LogP contribution in [0.15, 0.2) is 39.4 Å². The highest BCUT2D eigenvalue weighted by molar-refractivity contribution is 9.10. The molecule has 1 atom stereocenters. The van der Waals surface area contributed by atoms with E-state index in [-0.39, 0.29) is 6.04 Å². The summed E-state index contributed by atoms with van der Waals surface area (Å²) in [7, 11) is 0. The van der Waals surface area contributed by atoms with Crippen LogP contribution in [0.1, 0.15) is 28.5 Å². The molecule has 1 aromatic heterocycles. The van der Waals surface area contributed by atoms with E-state index in [2.05, 4.69) is 48.0 Å². The summed E-state index contributed by atoms with van der Waals surface area (Å²) in [6.07, 6.45) is 1.64. The van der Waals surface area contributed by atoms with Crippen molar-refractivity contribution in [2.75, 3.05) is 0 Å². The number of nitrogens with two attached hydrogens (primary N) is 1. The zero-order valence-electron chi connectivity index (χ0n) is 9.33. The Hall–Kier alpha value is -1.06. The molecule has 0 aliphatic heterocycles. The van der Waals surface area contributed by atoms with Gasteiger partial charge in [-0.15, -0.1) is 0 Å². The summed E-state index contributed by atoms with van der Waals surface area (Å²) in [6.45, 7) is 4.14. The Morgan fingerprint density at radius 2 is 1.81 bits per heavy atom. The molecule has 0 fully saturated rings. The third kappa shape index (κ3) is 2.20. The highest BCUT2D eigenvalue weighted by atomic mass is 79.9. The minimum atomic E-state index is -0.219. The number of aryl methyl sites for hydroxylation is 2. The first kappa shape index (κ1) is 11.4. The number of rotatable bonds is 2. The van der Waals surface area contributed by atoms with Gasteiger partial charge in [-0.2, -0.15) is 0 Å². The minimum absolute atomic E-state index is 0.219. The standard InChI is InChI=1S/C13H14BrNO/c1-8-5-9(2)7-10(6-8)12(15)13-11(14)3-4-16-13/h3-7,12H,15H2,1-2H3. The van der Waals surface area contributed by atoms with E-state index in [9.17, 15) is 0 Å². The monoisotopic (exact) mass is 279 g/mol. The fraction of sp³-hybridized carbons (Fsp3) is 0.231. The van der Waals surface area contributed by atoms with Gasteiger partial charge in [0, 0.05) is 0 Å². The number of halogens is 1. The second kappa shape index (κ2) is 4.44. The van der Waals surface area contributed by atoms with Crippen LogP contribution in [0.25, 0.3) is 0 Å². The van der Waals surface area contributed by atoms with Crippen molar-refractivity contribution in [3.05, 3.63) is 57.5 Å². The molecule has 2 rings (SSSR count). The van der Waals surface area contributed by atoms with Crippen molar-refractivity contribution >= 4 is 15.9 Å². The quantitative estimate of drug-likeness (QED) is 0.910. The van der Waals surface area contributed by atoms with Gasteiger partial charge in [-0.05, 0) is 41.4 Å². The number of hydrogen-bond donors (Lipinski definition) is 1. The number of benzene rings is 1. The van der Waals surface area contributed by atoms with Gasteiger partial charge in [-0.25, -0.2) is 0 Å². The molecule has 0 aliphatic carbocycles. The average Bonchev–Trinajstić information content (AvgIpc) is 2.62. The van der Waals surface area contributed by atoms with E-state index < -0.39 is 0 Å². The highest BCUT2D eigenvalue weighted by Gasteiger charge is 2.15. The molecule has 0 radical (unpaired) electrons. The third-order valence-corrected chi connectivity index (χ3v) is 3.19. The third-order valence-electron chi connectivity index (χ3n) is 2.53. The molecule has 0 saturated heterocycles. The fourth-order valence-corrected chi connectivity index (χ4v) is 2.32. The van der Waals surface area contributed by atoms with Gasteiger partial charge in [0.15, 0.2) is 0 Å². The molecule has 16 heavy (non-hydrogen) atoms. The van der Waals surface area contributed by atoms with E-state index in [1.54, 1.807) is 6.26 Å².